The highest BCUT2D eigenvalue weighted by molar-refractivity contribution is 8.00. The molecule has 0 saturated heterocycles. The Morgan fingerprint density at radius 2 is 1.86 bits per heavy atom. The van der Waals surface area contributed by atoms with E-state index in [9.17, 15) is 4.79 Å². The first-order valence-electron chi connectivity index (χ1n) is 10.8. The molecule has 4 fully saturated rings. The van der Waals surface area contributed by atoms with Crippen LogP contribution in [0.3, 0.4) is 0 Å². The van der Waals surface area contributed by atoms with Gasteiger partial charge in [0.1, 0.15) is 11.4 Å². The number of para-hydroxylation sites is 2. The van der Waals surface area contributed by atoms with Crippen LogP contribution in [0, 0.1) is 23.2 Å². The molecule has 6 rings (SSSR count). The Kier molecular flexibility index (Phi) is 4.88. The molecule has 4 aliphatic carbocycles. The number of rotatable bonds is 7. The summed E-state index contributed by atoms with van der Waals surface area (Å²) in [7, 11) is 0. The zero-order chi connectivity index (χ0) is 20.0. The molecular weight excluding hydrogens is 384 g/mol. The Morgan fingerprint density at radius 3 is 2.52 bits per heavy atom. The molecular formula is C22H28N4O2S. The first-order valence-corrected chi connectivity index (χ1v) is 11.7. The molecule has 4 saturated carbocycles. The van der Waals surface area contributed by atoms with Gasteiger partial charge in [-0.25, -0.2) is 0 Å². The second-order valence-corrected chi connectivity index (χ2v) is 10.4. The van der Waals surface area contributed by atoms with Crippen molar-refractivity contribution in [2.45, 2.75) is 62.8 Å². The average molecular weight is 413 g/mol. The molecule has 0 radical (unpaired) electrons. The van der Waals surface area contributed by atoms with E-state index >= 15 is 0 Å². The lowest BCUT2D eigenvalue weighted by Gasteiger charge is -2.56. The normalized spacial score (nSPS) is 31.0. The van der Waals surface area contributed by atoms with Crippen molar-refractivity contribution < 1.29 is 9.53 Å². The van der Waals surface area contributed by atoms with E-state index in [4.69, 9.17) is 4.74 Å². The average Bonchev–Trinajstić information content (AvgIpc) is 3.15. The molecule has 0 unspecified atom stereocenters. The second kappa shape index (κ2) is 7.42. The summed E-state index contributed by atoms with van der Waals surface area (Å²) < 4.78 is 7.43. The number of hydrogen-bond donors (Lipinski definition) is 0. The van der Waals surface area contributed by atoms with Crippen LogP contribution in [0.4, 0.5) is 0 Å². The fraction of sp³-hybridized carbons (Fsp3) is 0.636. The number of thioether (sulfide) groups is 1. The largest absolute Gasteiger partial charge is 0.492 e. The standard InChI is InChI=1S/C22H28N4O2S/c1-3-28-19-7-5-4-6-18(19)26-21(23-24-25-26)29-14(2)20(27)22-11-15-8-16(12-22)10-17(9-15)13-22/h4-7,14-17H,3,8-13H2,1-2H3/t14-,15?,16?,17?,22?/m1/s1. The maximum Gasteiger partial charge on any atom is 0.214 e. The van der Waals surface area contributed by atoms with Gasteiger partial charge in [0, 0.05) is 5.41 Å². The third-order valence-electron chi connectivity index (χ3n) is 7.05. The zero-order valence-electron chi connectivity index (χ0n) is 17.1. The van der Waals surface area contributed by atoms with Crippen molar-refractivity contribution in [1.82, 2.24) is 20.2 Å². The molecule has 4 bridgehead atoms. The van der Waals surface area contributed by atoms with Crippen LogP contribution in [0.15, 0.2) is 29.4 Å². The summed E-state index contributed by atoms with van der Waals surface area (Å²) >= 11 is 1.48. The van der Waals surface area contributed by atoms with Gasteiger partial charge in [-0.05, 0) is 92.7 Å². The summed E-state index contributed by atoms with van der Waals surface area (Å²) in [6.45, 7) is 4.56. The predicted octanol–water partition coefficient (Wildman–Crippen LogP) is 4.33. The van der Waals surface area contributed by atoms with Crippen LogP contribution < -0.4 is 4.74 Å². The molecule has 0 spiro atoms. The number of tetrazole rings is 1. The molecule has 1 heterocycles. The number of hydrogen-bond acceptors (Lipinski definition) is 6. The highest BCUT2D eigenvalue weighted by atomic mass is 32.2. The molecule has 1 aromatic carbocycles. The number of carbonyl (C=O) groups is 1. The topological polar surface area (TPSA) is 69.9 Å². The van der Waals surface area contributed by atoms with Crippen LogP contribution in [0.5, 0.6) is 5.75 Å². The molecule has 0 amide bonds. The minimum absolute atomic E-state index is 0.0946. The van der Waals surface area contributed by atoms with Gasteiger partial charge in [-0.3, -0.25) is 4.79 Å². The number of ether oxygens (including phenoxy) is 1. The van der Waals surface area contributed by atoms with E-state index in [-0.39, 0.29) is 10.7 Å². The SMILES string of the molecule is CCOc1ccccc1-n1nnnc1S[C@H](C)C(=O)C12CC3CC(CC(C3)C1)C2. The molecule has 7 heteroatoms. The molecule has 154 valence electrons. The molecule has 0 aliphatic heterocycles. The van der Waals surface area contributed by atoms with Gasteiger partial charge in [0.25, 0.3) is 0 Å². The van der Waals surface area contributed by atoms with Gasteiger partial charge in [0.2, 0.25) is 5.16 Å². The zero-order valence-corrected chi connectivity index (χ0v) is 17.9. The van der Waals surface area contributed by atoms with Gasteiger partial charge in [0.15, 0.2) is 5.78 Å². The fourth-order valence-electron chi connectivity index (χ4n) is 6.37. The van der Waals surface area contributed by atoms with E-state index in [2.05, 4.69) is 15.5 Å². The quantitative estimate of drug-likeness (QED) is 0.631. The minimum atomic E-state index is -0.157. The van der Waals surface area contributed by atoms with Crippen molar-refractivity contribution in [3.05, 3.63) is 24.3 Å². The monoisotopic (exact) mass is 412 g/mol. The lowest BCUT2D eigenvalue weighted by Crippen LogP contribution is -2.51. The summed E-state index contributed by atoms with van der Waals surface area (Å²) in [6, 6.07) is 7.73. The van der Waals surface area contributed by atoms with Gasteiger partial charge in [-0.2, -0.15) is 4.68 Å². The Bertz CT molecular complexity index is 876. The second-order valence-electron chi connectivity index (χ2n) is 9.10. The van der Waals surface area contributed by atoms with Crippen LogP contribution in [-0.4, -0.2) is 37.8 Å². The summed E-state index contributed by atoms with van der Waals surface area (Å²) in [5.74, 6) is 3.46. The Labute approximate surface area is 175 Å². The van der Waals surface area contributed by atoms with Crippen LogP contribution >= 0.6 is 11.8 Å². The summed E-state index contributed by atoms with van der Waals surface area (Å²) in [4.78, 5) is 13.6. The van der Waals surface area contributed by atoms with Crippen molar-refractivity contribution in [2.75, 3.05) is 6.61 Å². The van der Waals surface area contributed by atoms with E-state index in [1.165, 1.54) is 31.0 Å². The van der Waals surface area contributed by atoms with Crippen molar-refractivity contribution in [3.8, 4) is 11.4 Å². The van der Waals surface area contributed by atoms with Gasteiger partial charge in [-0.15, -0.1) is 5.10 Å². The summed E-state index contributed by atoms with van der Waals surface area (Å²) in [5, 5.41) is 12.8. The van der Waals surface area contributed by atoms with Gasteiger partial charge < -0.3 is 4.74 Å². The van der Waals surface area contributed by atoms with Gasteiger partial charge in [-0.1, -0.05) is 23.9 Å². The van der Waals surface area contributed by atoms with E-state index in [0.29, 0.717) is 17.5 Å². The lowest BCUT2D eigenvalue weighted by molar-refractivity contribution is -0.142. The maximum atomic E-state index is 13.6. The van der Waals surface area contributed by atoms with Crippen LogP contribution in [0.25, 0.3) is 5.69 Å². The molecule has 1 atom stereocenters. The Morgan fingerprint density at radius 1 is 1.21 bits per heavy atom. The van der Waals surface area contributed by atoms with E-state index < -0.39 is 0 Å². The molecule has 2 aromatic rings. The summed E-state index contributed by atoms with van der Waals surface area (Å²) in [5.41, 5.74) is 0.708. The van der Waals surface area contributed by atoms with Crippen LogP contribution in [-0.2, 0) is 4.79 Å². The Hall–Kier alpha value is -1.89. The predicted molar refractivity (Wildman–Crippen MR) is 111 cm³/mol. The lowest BCUT2D eigenvalue weighted by atomic mass is 9.48. The number of Topliss-reactive ketones (excluding diaryl/α,β-unsaturated/α-hetero) is 1. The molecule has 29 heavy (non-hydrogen) atoms. The van der Waals surface area contributed by atoms with Crippen molar-refractivity contribution in [3.63, 3.8) is 0 Å². The summed E-state index contributed by atoms with van der Waals surface area (Å²) in [6.07, 6.45) is 7.34. The van der Waals surface area contributed by atoms with Crippen molar-refractivity contribution in [2.24, 2.45) is 23.2 Å². The van der Waals surface area contributed by atoms with E-state index in [1.807, 2.05) is 38.1 Å². The highest BCUT2D eigenvalue weighted by Crippen LogP contribution is 2.61. The van der Waals surface area contributed by atoms with Crippen LogP contribution in [0.2, 0.25) is 0 Å². The maximum absolute atomic E-state index is 13.6. The van der Waals surface area contributed by atoms with E-state index in [1.54, 1.807) is 4.68 Å². The minimum Gasteiger partial charge on any atom is -0.492 e. The molecule has 1 aromatic heterocycles. The number of carbonyl (C=O) groups excluding carboxylic acids is 1. The number of aromatic nitrogens is 4. The van der Waals surface area contributed by atoms with Gasteiger partial charge in [0.05, 0.1) is 11.9 Å². The molecule has 6 nitrogen and oxygen atoms in total. The third-order valence-corrected chi connectivity index (χ3v) is 8.08. The molecule has 4 aliphatic rings. The van der Waals surface area contributed by atoms with Crippen molar-refractivity contribution in [1.29, 1.82) is 0 Å². The first kappa shape index (κ1) is 19.1. The van der Waals surface area contributed by atoms with Crippen molar-refractivity contribution >= 4 is 17.5 Å². The Balaban J connectivity index is 1.37. The fourth-order valence-corrected chi connectivity index (χ4v) is 7.36. The third kappa shape index (κ3) is 3.37. The number of benzene rings is 1. The molecule has 0 N–H and O–H groups in total. The van der Waals surface area contributed by atoms with E-state index in [0.717, 1.165) is 48.5 Å². The number of nitrogens with zero attached hydrogens (tertiary/aromatic N) is 4. The highest BCUT2D eigenvalue weighted by Gasteiger charge is 2.55. The van der Waals surface area contributed by atoms with Crippen LogP contribution in [0.1, 0.15) is 52.4 Å². The smallest absolute Gasteiger partial charge is 0.214 e. The number of ketones is 1. The first-order chi connectivity index (χ1) is 14.1. The van der Waals surface area contributed by atoms with Gasteiger partial charge >= 0.3 is 0 Å².